The van der Waals surface area contributed by atoms with Crippen LogP contribution in [-0.2, 0) is 17.7 Å². The van der Waals surface area contributed by atoms with Crippen LogP contribution in [0.1, 0.15) is 34.7 Å². The topological polar surface area (TPSA) is 93.6 Å². The molecule has 1 fully saturated rings. The number of hydrogen-bond acceptors (Lipinski definition) is 7. The van der Waals surface area contributed by atoms with E-state index in [2.05, 4.69) is 16.0 Å². The zero-order valence-electron chi connectivity index (χ0n) is 14.9. The number of rotatable bonds is 2. The predicted molar refractivity (Wildman–Crippen MR) is 98.9 cm³/mol. The zero-order valence-corrected chi connectivity index (χ0v) is 14.9. The summed E-state index contributed by atoms with van der Waals surface area (Å²) in [6.45, 7) is 3.16. The number of pyridine rings is 1. The monoisotopic (exact) mass is 364 g/mol. The minimum Gasteiger partial charge on any atom is -0.454 e. The summed E-state index contributed by atoms with van der Waals surface area (Å²) < 4.78 is 16.5. The molecule has 0 bridgehead atoms. The molecule has 2 aromatic rings. The largest absolute Gasteiger partial charge is 0.454 e. The second-order valence-corrected chi connectivity index (χ2v) is 7.09. The van der Waals surface area contributed by atoms with E-state index in [-0.39, 0.29) is 12.7 Å². The lowest BCUT2D eigenvalue weighted by Gasteiger charge is -2.33. The number of aromatic nitrogens is 1. The van der Waals surface area contributed by atoms with Crippen molar-refractivity contribution < 1.29 is 14.2 Å². The summed E-state index contributed by atoms with van der Waals surface area (Å²) in [4.78, 5) is 6.84. The van der Waals surface area contributed by atoms with Crippen LogP contribution in [0.3, 0.4) is 0 Å². The normalized spacial score (nSPS) is 20.4. The maximum Gasteiger partial charge on any atom is 0.231 e. The molecule has 0 spiro atoms. The van der Waals surface area contributed by atoms with Crippen LogP contribution in [0.25, 0.3) is 0 Å². The smallest absolute Gasteiger partial charge is 0.231 e. The number of ether oxygens (including phenoxy) is 3. The third kappa shape index (κ3) is 2.64. The SMILES string of the molecule is N#Cc1c(N)nc2c(c1C1CCOC1)CN(c1ccc3c(c1)OCO3)CC2. The fourth-order valence-corrected chi connectivity index (χ4v) is 4.24. The minimum absolute atomic E-state index is 0.204. The molecule has 3 aliphatic heterocycles. The van der Waals surface area contributed by atoms with E-state index >= 15 is 0 Å². The van der Waals surface area contributed by atoms with Crippen LogP contribution in [0.15, 0.2) is 18.2 Å². The predicted octanol–water partition coefficient (Wildman–Crippen LogP) is 2.33. The Kier molecular flexibility index (Phi) is 3.80. The highest BCUT2D eigenvalue weighted by Gasteiger charge is 2.31. The second kappa shape index (κ2) is 6.32. The first-order valence-electron chi connectivity index (χ1n) is 9.18. The summed E-state index contributed by atoms with van der Waals surface area (Å²) in [5.74, 6) is 2.10. The molecule has 1 unspecified atom stereocenters. The van der Waals surface area contributed by atoms with Crippen molar-refractivity contribution in [2.45, 2.75) is 25.3 Å². The van der Waals surface area contributed by atoms with Gasteiger partial charge >= 0.3 is 0 Å². The Morgan fingerprint density at radius 1 is 1.26 bits per heavy atom. The molecule has 138 valence electrons. The Morgan fingerprint density at radius 3 is 2.96 bits per heavy atom. The van der Waals surface area contributed by atoms with Crippen LogP contribution in [0, 0.1) is 11.3 Å². The number of hydrogen-bond donors (Lipinski definition) is 1. The summed E-state index contributed by atoms with van der Waals surface area (Å²) in [5.41, 5.74) is 10.9. The lowest BCUT2D eigenvalue weighted by molar-refractivity contribution is 0.174. The average molecular weight is 364 g/mol. The molecule has 0 aliphatic carbocycles. The van der Waals surface area contributed by atoms with E-state index in [1.807, 2.05) is 18.2 Å². The molecule has 0 saturated carbocycles. The van der Waals surface area contributed by atoms with E-state index in [4.69, 9.17) is 19.9 Å². The molecule has 27 heavy (non-hydrogen) atoms. The van der Waals surface area contributed by atoms with Crippen LogP contribution in [0.2, 0.25) is 0 Å². The van der Waals surface area contributed by atoms with E-state index in [0.29, 0.717) is 24.5 Å². The standard InChI is InChI=1S/C20H20N4O3/c21-8-14-19(12-4-6-25-10-12)15-9-24(5-3-16(15)23-20(14)22)13-1-2-17-18(7-13)27-11-26-17/h1-2,7,12H,3-6,9-11H2,(H2,22,23). The van der Waals surface area contributed by atoms with Gasteiger partial charge in [-0.05, 0) is 29.7 Å². The highest BCUT2D eigenvalue weighted by molar-refractivity contribution is 5.62. The van der Waals surface area contributed by atoms with Gasteiger partial charge in [0.25, 0.3) is 0 Å². The van der Waals surface area contributed by atoms with E-state index in [9.17, 15) is 5.26 Å². The second-order valence-electron chi connectivity index (χ2n) is 7.09. The number of anilines is 2. The van der Waals surface area contributed by atoms with E-state index in [1.165, 1.54) is 0 Å². The van der Waals surface area contributed by atoms with Crippen LogP contribution in [-0.4, -0.2) is 31.5 Å². The Balaban J connectivity index is 1.55. The summed E-state index contributed by atoms with van der Waals surface area (Å²) in [6, 6.07) is 8.29. The van der Waals surface area contributed by atoms with Crippen LogP contribution in [0.5, 0.6) is 11.5 Å². The van der Waals surface area contributed by atoms with Gasteiger partial charge in [0.15, 0.2) is 11.5 Å². The Bertz CT molecular complexity index is 947. The molecule has 7 heteroatoms. The van der Waals surface area contributed by atoms with Crippen LogP contribution in [0.4, 0.5) is 11.5 Å². The molecule has 1 atom stereocenters. The van der Waals surface area contributed by atoms with E-state index in [1.54, 1.807) is 0 Å². The first kappa shape index (κ1) is 16.2. The molecular weight excluding hydrogens is 344 g/mol. The third-order valence-corrected chi connectivity index (χ3v) is 5.59. The molecule has 5 rings (SSSR count). The van der Waals surface area contributed by atoms with Crippen molar-refractivity contribution in [1.29, 1.82) is 5.26 Å². The zero-order chi connectivity index (χ0) is 18.4. The van der Waals surface area contributed by atoms with Crippen molar-refractivity contribution in [3.63, 3.8) is 0 Å². The van der Waals surface area contributed by atoms with Gasteiger partial charge in [-0.2, -0.15) is 5.26 Å². The maximum absolute atomic E-state index is 9.70. The molecule has 2 N–H and O–H groups in total. The van der Waals surface area contributed by atoms with Gasteiger partial charge in [0.1, 0.15) is 11.9 Å². The van der Waals surface area contributed by atoms with Crippen molar-refractivity contribution in [2.75, 3.05) is 37.2 Å². The Hall–Kier alpha value is -2.98. The number of fused-ring (bicyclic) bond motifs is 2. The fraction of sp³-hybridized carbons (Fsp3) is 0.400. The van der Waals surface area contributed by atoms with Crippen molar-refractivity contribution in [3.05, 3.63) is 40.6 Å². The Morgan fingerprint density at radius 2 is 2.15 bits per heavy atom. The highest BCUT2D eigenvalue weighted by atomic mass is 16.7. The summed E-state index contributed by atoms with van der Waals surface area (Å²) in [5, 5.41) is 9.70. The van der Waals surface area contributed by atoms with Gasteiger partial charge in [0.05, 0.1) is 12.2 Å². The Labute approximate surface area is 157 Å². The molecule has 1 aromatic carbocycles. The number of nitriles is 1. The quantitative estimate of drug-likeness (QED) is 0.874. The lowest BCUT2D eigenvalue weighted by Crippen LogP contribution is -2.33. The average Bonchev–Trinajstić information content (AvgIpc) is 3.37. The first-order chi connectivity index (χ1) is 13.2. The molecule has 4 heterocycles. The molecule has 1 aromatic heterocycles. The van der Waals surface area contributed by atoms with E-state index in [0.717, 1.165) is 60.0 Å². The van der Waals surface area contributed by atoms with Gasteiger partial charge < -0.3 is 24.8 Å². The van der Waals surface area contributed by atoms with E-state index < -0.39 is 0 Å². The number of benzene rings is 1. The summed E-state index contributed by atoms with van der Waals surface area (Å²) >= 11 is 0. The van der Waals surface area contributed by atoms with Crippen LogP contribution < -0.4 is 20.1 Å². The number of nitrogens with zero attached hydrogens (tertiary/aromatic N) is 3. The van der Waals surface area contributed by atoms with Gasteiger partial charge in [-0.1, -0.05) is 0 Å². The minimum atomic E-state index is 0.204. The molecule has 7 nitrogen and oxygen atoms in total. The number of nitrogen functional groups attached to an aromatic ring is 1. The third-order valence-electron chi connectivity index (χ3n) is 5.59. The molecule has 3 aliphatic rings. The van der Waals surface area contributed by atoms with Gasteiger partial charge in [-0.3, -0.25) is 0 Å². The first-order valence-corrected chi connectivity index (χ1v) is 9.18. The summed E-state index contributed by atoms with van der Waals surface area (Å²) in [6.07, 6.45) is 1.70. The molecule has 0 radical (unpaired) electrons. The molecule has 1 saturated heterocycles. The highest BCUT2D eigenvalue weighted by Crippen LogP contribution is 2.39. The fourth-order valence-electron chi connectivity index (χ4n) is 4.24. The van der Waals surface area contributed by atoms with Gasteiger partial charge in [0, 0.05) is 49.5 Å². The van der Waals surface area contributed by atoms with Crippen molar-refractivity contribution in [2.24, 2.45) is 0 Å². The van der Waals surface area contributed by atoms with Crippen molar-refractivity contribution >= 4 is 11.5 Å². The number of nitrogens with two attached hydrogens (primary N) is 1. The van der Waals surface area contributed by atoms with Crippen LogP contribution >= 0.6 is 0 Å². The van der Waals surface area contributed by atoms with Gasteiger partial charge in [-0.15, -0.1) is 0 Å². The van der Waals surface area contributed by atoms with Gasteiger partial charge in [0.2, 0.25) is 6.79 Å². The van der Waals surface area contributed by atoms with Crippen molar-refractivity contribution in [1.82, 2.24) is 4.98 Å². The lowest BCUT2D eigenvalue weighted by atomic mass is 9.86. The maximum atomic E-state index is 9.70. The molecule has 0 amide bonds. The molecular formula is C20H20N4O3. The van der Waals surface area contributed by atoms with Gasteiger partial charge in [-0.25, -0.2) is 4.98 Å². The van der Waals surface area contributed by atoms with Crippen molar-refractivity contribution in [3.8, 4) is 17.6 Å². The summed E-state index contributed by atoms with van der Waals surface area (Å²) in [7, 11) is 0.